The van der Waals surface area contributed by atoms with Gasteiger partial charge in [-0.1, -0.05) is 0 Å². The first-order chi connectivity index (χ1) is 6.00. The molecule has 0 rings (SSSR count). The Balaban J connectivity index is -0.0000000160. The number of hydrogen-bond donors (Lipinski definition) is 9. The van der Waals surface area contributed by atoms with Gasteiger partial charge in [0.15, 0.2) is 0 Å². The summed E-state index contributed by atoms with van der Waals surface area (Å²) < 4.78 is 26.6. The molecule has 0 unspecified atom stereocenters. The molecular formula is H9Na5O12P3. The topological polar surface area (TPSA) is 233 Å². The van der Waals surface area contributed by atoms with E-state index in [0.717, 1.165) is 0 Å². The van der Waals surface area contributed by atoms with Gasteiger partial charge in [-0.05, 0) is 0 Å². The van der Waals surface area contributed by atoms with Gasteiger partial charge in [0.25, 0.3) is 0 Å². The fourth-order valence-corrected chi connectivity index (χ4v) is 0. The van der Waals surface area contributed by atoms with Crippen molar-refractivity contribution in [2.24, 2.45) is 0 Å². The van der Waals surface area contributed by atoms with Crippen molar-refractivity contribution >= 4 is 171 Å². The zero-order chi connectivity index (χ0) is 13.5. The smallest absolute Gasteiger partial charge is 0.303 e. The molecule has 12 nitrogen and oxygen atoms in total. The molecule has 0 amide bonds. The minimum Gasteiger partial charge on any atom is -0.303 e. The molecule has 0 aliphatic rings. The second-order valence-corrected chi connectivity index (χ2v) is 4.62. The van der Waals surface area contributed by atoms with Gasteiger partial charge in [-0.2, -0.15) is 0 Å². The Kier molecular flexibility index (Phi) is 60.7. The van der Waals surface area contributed by atoms with Gasteiger partial charge < -0.3 is 44.0 Å². The molecule has 0 atom stereocenters. The van der Waals surface area contributed by atoms with E-state index in [-0.39, 0.29) is 148 Å². The van der Waals surface area contributed by atoms with Crippen LogP contribution in [0, 0.1) is 0 Å². The minimum absolute atomic E-state index is 0. The molecule has 0 aromatic heterocycles. The third kappa shape index (κ3) is 409. The first-order valence-electron chi connectivity index (χ1n) is 2.35. The quantitative estimate of drug-likeness (QED) is 0.136. The third-order valence-electron chi connectivity index (χ3n) is 0. The molecule has 0 bridgehead atoms. The minimum atomic E-state index is -4.64. The number of rotatable bonds is 0. The zero-order valence-corrected chi connectivity index (χ0v) is 24.3. The summed E-state index contributed by atoms with van der Waals surface area (Å²) in [6.45, 7) is 0. The summed E-state index contributed by atoms with van der Waals surface area (Å²) in [5.41, 5.74) is 0. The van der Waals surface area contributed by atoms with E-state index in [0.29, 0.717) is 0 Å². The van der Waals surface area contributed by atoms with Gasteiger partial charge in [-0.15, -0.1) is 0 Å². The monoisotopic (exact) mass is 409 g/mol. The summed E-state index contributed by atoms with van der Waals surface area (Å²) >= 11 is 0. The fourth-order valence-electron chi connectivity index (χ4n) is 0. The van der Waals surface area contributed by atoms with E-state index in [4.69, 9.17) is 57.7 Å². The largest absolute Gasteiger partial charge is 0.466 e. The average Bonchev–Trinajstić information content (AvgIpc) is 1.41. The van der Waals surface area contributed by atoms with E-state index in [1.807, 2.05) is 0 Å². The molecule has 101 valence electrons. The van der Waals surface area contributed by atoms with Crippen molar-refractivity contribution in [3.8, 4) is 0 Å². The molecule has 0 saturated carbocycles. The third-order valence-corrected chi connectivity index (χ3v) is 0. The fraction of sp³-hybridized carbons (Fsp3) is 0. The predicted octanol–water partition coefficient (Wildman–Crippen LogP) is -4.69. The van der Waals surface area contributed by atoms with Crippen molar-refractivity contribution in [2.45, 2.75) is 0 Å². The molecule has 0 heterocycles. The standard InChI is InChI=1S/5Na.3H3O4P/c;;;;;3*1-5(2,3)4/h;;;;;3*(H3,1,2,3,4). The molecule has 0 aliphatic heterocycles. The van der Waals surface area contributed by atoms with E-state index in [2.05, 4.69) is 0 Å². The van der Waals surface area contributed by atoms with Crippen molar-refractivity contribution in [3.05, 3.63) is 0 Å². The Bertz CT molecular complexity index is 213. The Hall–Kier alpha value is 5.33. The van der Waals surface area contributed by atoms with Crippen LogP contribution in [0.3, 0.4) is 0 Å². The Morgan fingerprint density at radius 2 is 0.350 bits per heavy atom. The Labute approximate surface area is 224 Å². The van der Waals surface area contributed by atoms with Crippen molar-refractivity contribution in [1.29, 1.82) is 0 Å². The van der Waals surface area contributed by atoms with Crippen LogP contribution in [0.5, 0.6) is 0 Å². The number of phosphoric acid groups is 3. The zero-order valence-electron chi connectivity index (χ0n) is 11.6. The van der Waals surface area contributed by atoms with Crippen LogP contribution in [0.25, 0.3) is 0 Å². The molecule has 0 spiro atoms. The van der Waals surface area contributed by atoms with Crippen LogP contribution in [0.15, 0.2) is 0 Å². The molecule has 9 N–H and O–H groups in total. The van der Waals surface area contributed by atoms with Gasteiger partial charge in [0, 0.05) is 148 Å². The summed E-state index contributed by atoms with van der Waals surface area (Å²) in [7, 11) is -13.9. The van der Waals surface area contributed by atoms with Crippen LogP contribution >= 0.6 is 23.5 Å². The van der Waals surface area contributed by atoms with Crippen LogP contribution in [0.4, 0.5) is 0 Å². The molecule has 0 saturated heterocycles. The van der Waals surface area contributed by atoms with Crippen LogP contribution in [-0.2, 0) is 13.7 Å². The second-order valence-electron chi connectivity index (χ2n) is 1.54. The van der Waals surface area contributed by atoms with Gasteiger partial charge in [-0.25, -0.2) is 13.7 Å². The van der Waals surface area contributed by atoms with Crippen molar-refractivity contribution in [1.82, 2.24) is 0 Å². The SMILES string of the molecule is O=P(O)(O)O.O=P(O)(O)O.O=P(O)(O)O.[Na].[Na].[Na].[Na].[Na]. The van der Waals surface area contributed by atoms with Gasteiger partial charge in [0.1, 0.15) is 0 Å². The van der Waals surface area contributed by atoms with Gasteiger partial charge in [-0.3, -0.25) is 0 Å². The maximum atomic E-state index is 8.88. The molecule has 0 aromatic carbocycles. The molecule has 0 fully saturated rings. The van der Waals surface area contributed by atoms with Gasteiger partial charge in [0.05, 0.1) is 0 Å². The second kappa shape index (κ2) is 24.3. The van der Waals surface area contributed by atoms with Crippen LogP contribution in [0.1, 0.15) is 0 Å². The Morgan fingerprint density at radius 3 is 0.350 bits per heavy atom. The maximum Gasteiger partial charge on any atom is 0.466 e. The first-order valence-corrected chi connectivity index (χ1v) is 7.04. The van der Waals surface area contributed by atoms with E-state index in [9.17, 15) is 0 Å². The van der Waals surface area contributed by atoms with E-state index in [1.165, 1.54) is 0 Å². The van der Waals surface area contributed by atoms with E-state index >= 15 is 0 Å². The molecular weight excluding hydrogens is 400 g/mol. The van der Waals surface area contributed by atoms with Crippen LogP contribution in [0.2, 0.25) is 0 Å². The van der Waals surface area contributed by atoms with Gasteiger partial charge >= 0.3 is 23.5 Å². The van der Waals surface area contributed by atoms with E-state index in [1.54, 1.807) is 0 Å². The summed E-state index contributed by atoms with van der Waals surface area (Å²) in [4.78, 5) is 64.7. The summed E-state index contributed by atoms with van der Waals surface area (Å²) in [5.74, 6) is 0. The summed E-state index contributed by atoms with van der Waals surface area (Å²) in [6.07, 6.45) is 0. The first kappa shape index (κ1) is 49.9. The van der Waals surface area contributed by atoms with Crippen molar-refractivity contribution in [2.75, 3.05) is 0 Å². The van der Waals surface area contributed by atoms with Crippen LogP contribution in [-0.4, -0.2) is 192 Å². The van der Waals surface area contributed by atoms with E-state index < -0.39 is 23.5 Å². The van der Waals surface area contributed by atoms with Gasteiger partial charge in [0.2, 0.25) is 0 Å². The summed E-state index contributed by atoms with van der Waals surface area (Å²) in [6, 6.07) is 0. The molecule has 0 aliphatic carbocycles. The van der Waals surface area contributed by atoms with Crippen LogP contribution < -0.4 is 0 Å². The Morgan fingerprint density at radius 1 is 0.350 bits per heavy atom. The maximum absolute atomic E-state index is 8.88. The molecule has 20 heteroatoms. The number of hydrogen-bond acceptors (Lipinski definition) is 3. The average molecular weight is 409 g/mol. The summed E-state index contributed by atoms with van der Waals surface area (Å²) in [5, 5.41) is 0. The van der Waals surface area contributed by atoms with Crippen molar-refractivity contribution in [3.63, 3.8) is 0 Å². The predicted molar refractivity (Wildman–Crippen MR) is 71.6 cm³/mol. The normalized spacial score (nSPS) is 8.85. The molecule has 0 aromatic rings. The molecule has 20 heavy (non-hydrogen) atoms. The molecule has 5 radical (unpaired) electrons. The van der Waals surface area contributed by atoms with Crippen molar-refractivity contribution < 1.29 is 57.7 Å².